The van der Waals surface area contributed by atoms with Gasteiger partial charge in [-0.25, -0.2) is 4.98 Å². The molecule has 0 atom stereocenters. The zero-order valence-corrected chi connectivity index (χ0v) is 23.2. The first-order valence-corrected chi connectivity index (χ1v) is 14.1. The molecule has 7 heteroatoms. The van der Waals surface area contributed by atoms with E-state index in [9.17, 15) is 14.7 Å². The number of ether oxygens (including phenoxy) is 1. The highest BCUT2D eigenvalue weighted by Gasteiger charge is 2.38. The van der Waals surface area contributed by atoms with Crippen molar-refractivity contribution < 1.29 is 14.6 Å². The number of hydrogen-bond acceptors (Lipinski definition) is 5. The summed E-state index contributed by atoms with van der Waals surface area (Å²) in [5, 5.41) is 12.0. The summed E-state index contributed by atoms with van der Waals surface area (Å²) < 4.78 is 5.96. The van der Waals surface area contributed by atoms with Gasteiger partial charge >= 0.3 is 0 Å². The number of carbonyl (C=O) groups is 1. The Hall–Kier alpha value is -3.97. The van der Waals surface area contributed by atoms with Crippen LogP contribution in [0.5, 0.6) is 5.75 Å². The van der Waals surface area contributed by atoms with Crippen LogP contribution in [-0.2, 0) is 18.4 Å². The quantitative estimate of drug-likeness (QED) is 0.281. The number of carbonyl (C=O) groups excluding carboxylic acids is 1. The van der Waals surface area contributed by atoms with E-state index in [4.69, 9.17) is 9.72 Å². The summed E-state index contributed by atoms with van der Waals surface area (Å²) in [7, 11) is 0. The fourth-order valence-electron chi connectivity index (χ4n) is 6.04. The molecular formula is C33H37N3O4. The summed E-state index contributed by atoms with van der Waals surface area (Å²) >= 11 is 0. The minimum absolute atomic E-state index is 0.0112. The van der Waals surface area contributed by atoms with Gasteiger partial charge in [0.25, 0.3) is 11.5 Å². The van der Waals surface area contributed by atoms with E-state index in [0.29, 0.717) is 12.2 Å². The molecule has 0 bridgehead atoms. The lowest BCUT2D eigenvalue weighted by Crippen LogP contribution is -2.40. The first-order valence-electron chi connectivity index (χ1n) is 14.1. The molecule has 0 spiro atoms. The Labute approximate surface area is 234 Å². The summed E-state index contributed by atoms with van der Waals surface area (Å²) in [6.07, 6.45) is 4.65. The molecule has 208 valence electrons. The maximum absolute atomic E-state index is 13.8. The zero-order chi connectivity index (χ0) is 28.1. The molecule has 0 saturated heterocycles. The lowest BCUT2D eigenvalue weighted by atomic mass is 9.74. The van der Waals surface area contributed by atoms with Gasteiger partial charge in [-0.1, -0.05) is 85.6 Å². The van der Waals surface area contributed by atoms with E-state index in [-0.39, 0.29) is 42.7 Å². The Morgan fingerprint density at radius 3 is 2.45 bits per heavy atom. The lowest BCUT2D eigenvalue weighted by molar-refractivity contribution is 0.0652. The molecule has 0 radical (unpaired) electrons. The maximum Gasteiger partial charge on any atom is 0.294 e. The average Bonchev–Trinajstić information content (AvgIpc) is 3.44. The minimum Gasteiger partial charge on any atom is -0.481 e. The van der Waals surface area contributed by atoms with Crippen LogP contribution in [0.25, 0.3) is 10.8 Å². The Morgan fingerprint density at radius 2 is 1.73 bits per heavy atom. The average molecular weight is 540 g/mol. The molecule has 2 N–H and O–H groups in total. The number of aliphatic hydroxyl groups excluding tert-OH is 1. The second kappa shape index (κ2) is 12.0. The molecule has 1 heterocycles. The number of fused-ring (bicyclic) bond motifs is 1. The van der Waals surface area contributed by atoms with E-state index in [0.717, 1.165) is 31.2 Å². The topological polar surface area (TPSA) is 95.5 Å². The lowest BCUT2D eigenvalue weighted by Gasteiger charge is -2.31. The van der Waals surface area contributed by atoms with E-state index < -0.39 is 11.5 Å². The Kier molecular flexibility index (Phi) is 8.31. The van der Waals surface area contributed by atoms with Crippen molar-refractivity contribution in [3.05, 3.63) is 106 Å². The summed E-state index contributed by atoms with van der Waals surface area (Å²) in [4.78, 5) is 36.6. The van der Waals surface area contributed by atoms with Gasteiger partial charge in [0.1, 0.15) is 12.4 Å². The zero-order valence-electron chi connectivity index (χ0n) is 23.2. The number of aromatic nitrogens is 2. The van der Waals surface area contributed by atoms with Gasteiger partial charge in [-0.15, -0.1) is 0 Å². The predicted octanol–water partition coefficient (Wildman–Crippen LogP) is 5.40. The molecular weight excluding hydrogens is 502 g/mol. The number of nitrogens with zero attached hydrogens (tertiary/aromatic N) is 2. The highest BCUT2D eigenvalue weighted by Crippen LogP contribution is 2.45. The second-order valence-corrected chi connectivity index (χ2v) is 11.0. The van der Waals surface area contributed by atoms with Crippen molar-refractivity contribution in [3.63, 3.8) is 0 Å². The third kappa shape index (κ3) is 5.65. The Balaban J connectivity index is 1.57. The summed E-state index contributed by atoms with van der Waals surface area (Å²) in [6, 6.07) is 24.1. The van der Waals surface area contributed by atoms with Crippen LogP contribution in [0.3, 0.4) is 0 Å². The van der Waals surface area contributed by atoms with Gasteiger partial charge in [-0.3, -0.25) is 9.59 Å². The van der Waals surface area contributed by atoms with Gasteiger partial charge in [-0.2, -0.15) is 0 Å². The van der Waals surface area contributed by atoms with Gasteiger partial charge in [0.15, 0.2) is 5.69 Å². The molecule has 0 unspecified atom stereocenters. The number of nitrogens with one attached hydrogen (secondary N) is 1. The van der Waals surface area contributed by atoms with Crippen molar-refractivity contribution in [1.82, 2.24) is 14.9 Å². The van der Waals surface area contributed by atoms with E-state index in [1.165, 1.54) is 21.2 Å². The molecule has 0 aliphatic heterocycles. The normalized spacial score (nSPS) is 14.5. The monoisotopic (exact) mass is 539 g/mol. The molecule has 1 aliphatic carbocycles. The van der Waals surface area contributed by atoms with Gasteiger partial charge in [0.05, 0.1) is 6.61 Å². The summed E-state index contributed by atoms with van der Waals surface area (Å²) in [6.45, 7) is 3.83. The molecule has 1 amide bonds. The highest BCUT2D eigenvalue weighted by molar-refractivity contribution is 5.95. The molecule has 40 heavy (non-hydrogen) atoms. The number of rotatable bonds is 10. The van der Waals surface area contributed by atoms with Crippen LogP contribution >= 0.6 is 0 Å². The van der Waals surface area contributed by atoms with Crippen LogP contribution < -0.4 is 10.3 Å². The first-order chi connectivity index (χ1) is 19.4. The van der Waals surface area contributed by atoms with Crippen molar-refractivity contribution in [2.75, 3.05) is 13.2 Å². The van der Waals surface area contributed by atoms with Crippen LogP contribution in [0.2, 0.25) is 0 Å². The van der Waals surface area contributed by atoms with Crippen molar-refractivity contribution in [3.8, 4) is 5.75 Å². The third-order valence-corrected chi connectivity index (χ3v) is 8.01. The highest BCUT2D eigenvalue weighted by atomic mass is 16.5. The van der Waals surface area contributed by atoms with Crippen LogP contribution in [0, 0.1) is 0 Å². The molecule has 5 rings (SSSR count). The second-order valence-electron chi connectivity index (χ2n) is 11.0. The molecule has 1 fully saturated rings. The van der Waals surface area contributed by atoms with Gasteiger partial charge in [-0.05, 0) is 48.6 Å². The van der Waals surface area contributed by atoms with E-state index in [1.807, 2.05) is 50.2 Å². The fourth-order valence-corrected chi connectivity index (χ4v) is 6.04. The van der Waals surface area contributed by atoms with Gasteiger partial charge in [0, 0.05) is 24.4 Å². The number of benzene rings is 3. The van der Waals surface area contributed by atoms with Crippen molar-refractivity contribution in [2.24, 2.45) is 0 Å². The van der Waals surface area contributed by atoms with Crippen molar-refractivity contribution >= 4 is 16.7 Å². The maximum atomic E-state index is 13.8. The molecule has 4 aromatic rings. The van der Waals surface area contributed by atoms with E-state index in [2.05, 4.69) is 41.4 Å². The number of H-pyrrole nitrogens is 1. The summed E-state index contributed by atoms with van der Waals surface area (Å²) in [5.74, 6) is -0.0418. The van der Waals surface area contributed by atoms with E-state index in [1.54, 1.807) is 0 Å². The molecule has 3 aromatic carbocycles. The van der Waals surface area contributed by atoms with Crippen molar-refractivity contribution in [2.45, 2.75) is 64.0 Å². The third-order valence-electron chi connectivity index (χ3n) is 8.01. The van der Waals surface area contributed by atoms with Crippen molar-refractivity contribution in [1.29, 1.82) is 0 Å². The predicted molar refractivity (Wildman–Crippen MR) is 157 cm³/mol. The fraction of sp³-hybridized carbons (Fsp3) is 0.364. The number of hydrogen-bond donors (Lipinski definition) is 2. The molecule has 1 saturated carbocycles. The van der Waals surface area contributed by atoms with Crippen LogP contribution in [-0.4, -0.2) is 45.1 Å². The summed E-state index contributed by atoms with van der Waals surface area (Å²) in [5.41, 5.74) is 1.45. The van der Waals surface area contributed by atoms with Crippen LogP contribution in [0.15, 0.2) is 77.6 Å². The largest absolute Gasteiger partial charge is 0.481 e. The van der Waals surface area contributed by atoms with Gasteiger partial charge in [0.2, 0.25) is 5.75 Å². The number of aromatic amines is 1. The molecule has 1 aromatic heterocycles. The SMILES string of the molecule is CC(C)N(CCO)C(=O)c1nc(CC2(c3cccc4ccccc34)CCCC2)[nH]c(=O)c1OCc1ccccc1. The number of amides is 1. The minimum atomic E-state index is -0.469. The Bertz CT molecular complexity index is 1520. The smallest absolute Gasteiger partial charge is 0.294 e. The molecule has 1 aliphatic rings. The van der Waals surface area contributed by atoms with Gasteiger partial charge < -0.3 is 19.7 Å². The van der Waals surface area contributed by atoms with E-state index >= 15 is 0 Å². The Morgan fingerprint density at radius 1 is 1.02 bits per heavy atom. The first kappa shape index (κ1) is 27.6. The standard InChI is InChI=1S/C33H37N3O4/c1-23(2)36(19-20-37)32(39)29-30(40-22-24-11-4-3-5-12-24)31(38)35-28(34-29)21-33(17-8-9-18-33)27-16-10-14-25-13-6-7-15-26(25)27/h3-7,10-16,23,37H,8-9,17-22H2,1-2H3,(H,34,35,38). The molecule has 7 nitrogen and oxygen atoms in total. The van der Waals surface area contributed by atoms with Crippen LogP contribution in [0.4, 0.5) is 0 Å². The van der Waals surface area contributed by atoms with Crippen LogP contribution in [0.1, 0.15) is 67.0 Å². The number of aliphatic hydroxyl groups is 1.